The number of halogens is 1. The molecule has 0 radical (unpaired) electrons. The number of aliphatic carboxylic acids is 1. The molecule has 0 spiro atoms. The van der Waals surface area contributed by atoms with Crippen molar-refractivity contribution in [2.24, 2.45) is 5.92 Å². The van der Waals surface area contributed by atoms with Gasteiger partial charge in [-0.3, -0.25) is 4.79 Å². The van der Waals surface area contributed by atoms with Crippen molar-refractivity contribution < 1.29 is 23.8 Å². The Morgan fingerprint density at radius 2 is 1.90 bits per heavy atom. The van der Waals surface area contributed by atoms with Gasteiger partial charge in [0.05, 0.1) is 0 Å². The third-order valence-corrected chi connectivity index (χ3v) is 2.83. The fourth-order valence-corrected chi connectivity index (χ4v) is 1.77. The summed E-state index contributed by atoms with van der Waals surface area (Å²) < 4.78 is 18.6. The van der Waals surface area contributed by atoms with Crippen LogP contribution in [-0.4, -0.2) is 29.1 Å². The van der Waals surface area contributed by atoms with E-state index in [-0.39, 0.29) is 11.7 Å². The zero-order chi connectivity index (χ0) is 16.0. The number of nitrogens with one attached hydrogen (secondary N) is 1. The molecule has 0 fully saturated rings. The molecule has 116 valence electrons. The van der Waals surface area contributed by atoms with Crippen LogP contribution < -0.4 is 10.1 Å². The van der Waals surface area contributed by atoms with Crippen molar-refractivity contribution in [3.8, 4) is 5.75 Å². The monoisotopic (exact) mass is 297 g/mol. The number of ether oxygens (including phenoxy) is 1. The SMILES string of the molecule is CC(C)CC(NC(=O)C(C)Oc1ccccc1F)C(=O)O. The molecule has 0 aliphatic rings. The molecule has 0 heterocycles. The summed E-state index contributed by atoms with van der Waals surface area (Å²) in [6.45, 7) is 5.17. The lowest BCUT2D eigenvalue weighted by Crippen LogP contribution is -2.46. The molecule has 0 bridgehead atoms. The molecular weight excluding hydrogens is 277 g/mol. The van der Waals surface area contributed by atoms with Gasteiger partial charge in [-0.05, 0) is 31.4 Å². The second kappa shape index (κ2) is 7.61. The highest BCUT2D eigenvalue weighted by Gasteiger charge is 2.25. The summed E-state index contributed by atoms with van der Waals surface area (Å²) in [5, 5.41) is 11.5. The number of carboxylic acids is 1. The quantitative estimate of drug-likeness (QED) is 0.809. The lowest BCUT2D eigenvalue weighted by Gasteiger charge is -2.20. The van der Waals surface area contributed by atoms with E-state index >= 15 is 0 Å². The van der Waals surface area contributed by atoms with Gasteiger partial charge < -0.3 is 15.2 Å². The number of carboxylic acid groups (broad SMARTS) is 1. The summed E-state index contributed by atoms with van der Waals surface area (Å²) in [5.74, 6) is -2.19. The van der Waals surface area contributed by atoms with Gasteiger partial charge in [-0.25, -0.2) is 9.18 Å². The smallest absolute Gasteiger partial charge is 0.326 e. The summed E-state index contributed by atoms with van der Waals surface area (Å²) >= 11 is 0. The number of para-hydroxylation sites is 1. The highest BCUT2D eigenvalue weighted by atomic mass is 19.1. The Labute approximate surface area is 123 Å². The van der Waals surface area contributed by atoms with Crippen molar-refractivity contribution in [2.45, 2.75) is 39.3 Å². The number of rotatable bonds is 7. The van der Waals surface area contributed by atoms with Crippen LogP contribution in [0.2, 0.25) is 0 Å². The van der Waals surface area contributed by atoms with Crippen molar-refractivity contribution in [3.05, 3.63) is 30.1 Å². The normalized spacial score (nSPS) is 13.6. The van der Waals surface area contributed by atoms with Crippen LogP contribution in [0.25, 0.3) is 0 Å². The summed E-state index contributed by atoms with van der Waals surface area (Å²) in [4.78, 5) is 23.0. The lowest BCUT2D eigenvalue weighted by atomic mass is 10.0. The third kappa shape index (κ3) is 5.41. The molecule has 2 N–H and O–H groups in total. The number of carbonyl (C=O) groups excluding carboxylic acids is 1. The van der Waals surface area contributed by atoms with E-state index in [9.17, 15) is 14.0 Å². The first kappa shape index (κ1) is 16.9. The van der Waals surface area contributed by atoms with E-state index in [2.05, 4.69) is 5.32 Å². The van der Waals surface area contributed by atoms with Crippen LogP contribution >= 0.6 is 0 Å². The fourth-order valence-electron chi connectivity index (χ4n) is 1.77. The van der Waals surface area contributed by atoms with Gasteiger partial charge >= 0.3 is 5.97 Å². The lowest BCUT2D eigenvalue weighted by molar-refractivity contribution is -0.143. The molecule has 1 aromatic rings. The number of hydrogen-bond acceptors (Lipinski definition) is 3. The van der Waals surface area contributed by atoms with E-state index in [1.54, 1.807) is 6.07 Å². The summed E-state index contributed by atoms with van der Waals surface area (Å²) in [6.07, 6.45) is -0.677. The molecule has 0 saturated heterocycles. The van der Waals surface area contributed by atoms with E-state index in [4.69, 9.17) is 9.84 Å². The molecular formula is C15H20FNO4. The van der Waals surface area contributed by atoms with Gasteiger partial charge in [-0.15, -0.1) is 0 Å². The third-order valence-electron chi connectivity index (χ3n) is 2.83. The minimum absolute atomic E-state index is 0.0455. The average Bonchev–Trinajstić information content (AvgIpc) is 2.39. The standard InChI is InChI=1S/C15H20FNO4/c1-9(2)8-12(15(19)20)17-14(18)10(3)21-13-7-5-4-6-11(13)16/h4-7,9-10,12H,8H2,1-3H3,(H,17,18)(H,19,20). The molecule has 6 heteroatoms. The maximum absolute atomic E-state index is 13.4. The Morgan fingerprint density at radius 1 is 1.29 bits per heavy atom. The van der Waals surface area contributed by atoms with Crippen molar-refractivity contribution in [2.75, 3.05) is 0 Å². The first-order valence-corrected chi connectivity index (χ1v) is 6.75. The Kier molecular flexibility index (Phi) is 6.14. The fraction of sp³-hybridized carbons (Fsp3) is 0.467. The Morgan fingerprint density at radius 3 is 2.43 bits per heavy atom. The molecule has 2 unspecified atom stereocenters. The highest BCUT2D eigenvalue weighted by molar-refractivity contribution is 5.86. The van der Waals surface area contributed by atoms with Crippen LogP contribution in [0.15, 0.2) is 24.3 Å². The molecule has 21 heavy (non-hydrogen) atoms. The molecule has 1 rings (SSSR count). The van der Waals surface area contributed by atoms with E-state index in [1.807, 2.05) is 13.8 Å². The topological polar surface area (TPSA) is 75.6 Å². The predicted octanol–water partition coefficient (Wildman–Crippen LogP) is 2.21. The molecule has 0 aromatic heterocycles. The second-order valence-corrected chi connectivity index (χ2v) is 5.22. The van der Waals surface area contributed by atoms with E-state index in [1.165, 1.54) is 25.1 Å². The Bertz CT molecular complexity index is 504. The number of amides is 1. The van der Waals surface area contributed by atoms with Gasteiger partial charge in [0.15, 0.2) is 17.7 Å². The van der Waals surface area contributed by atoms with Crippen LogP contribution in [-0.2, 0) is 9.59 Å². The zero-order valence-electron chi connectivity index (χ0n) is 12.3. The summed E-state index contributed by atoms with van der Waals surface area (Å²) in [5.41, 5.74) is 0. The van der Waals surface area contributed by atoms with Crippen LogP contribution in [0.1, 0.15) is 27.2 Å². The minimum Gasteiger partial charge on any atom is -0.480 e. The molecule has 5 nitrogen and oxygen atoms in total. The number of carbonyl (C=O) groups is 2. The molecule has 1 aromatic carbocycles. The van der Waals surface area contributed by atoms with Gasteiger partial charge in [0, 0.05) is 0 Å². The summed E-state index contributed by atoms with van der Waals surface area (Å²) in [7, 11) is 0. The molecule has 1 amide bonds. The van der Waals surface area contributed by atoms with Crippen molar-refractivity contribution >= 4 is 11.9 Å². The molecule has 2 atom stereocenters. The first-order valence-electron chi connectivity index (χ1n) is 6.75. The largest absolute Gasteiger partial charge is 0.480 e. The van der Waals surface area contributed by atoms with E-state index < -0.39 is 29.8 Å². The maximum atomic E-state index is 13.4. The number of benzene rings is 1. The van der Waals surface area contributed by atoms with E-state index in [0.29, 0.717) is 6.42 Å². The van der Waals surface area contributed by atoms with Crippen LogP contribution in [0.5, 0.6) is 5.75 Å². The van der Waals surface area contributed by atoms with Gasteiger partial charge in [0.2, 0.25) is 0 Å². The second-order valence-electron chi connectivity index (χ2n) is 5.22. The van der Waals surface area contributed by atoms with Crippen LogP contribution in [0.4, 0.5) is 4.39 Å². The van der Waals surface area contributed by atoms with Crippen LogP contribution in [0.3, 0.4) is 0 Å². The molecule has 0 aliphatic carbocycles. The first-order chi connectivity index (χ1) is 9.81. The molecule has 0 aliphatic heterocycles. The minimum atomic E-state index is -1.10. The summed E-state index contributed by atoms with van der Waals surface area (Å²) in [6, 6.07) is 4.74. The van der Waals surface area contributed by atoms with Gasteiger partial charge in [0.1, 0.15) is 6.04 Å². The zero-order valence-corrected chi connectivity index (χ0v) is 12.3. The predicted molar refractivity (Wildman–Crippen MR) is 75.5 cm³/mol. The Balaban J connectivity index is 2.65. The van der Waals surface area contributed by atoms with E-state index in [0.717, 1.165) is 0 Å². The molecule has 0 saturated carbocycles. The Hall–Kier alpha value is -2.11. The van der Waals surface area contributed by atoms with Crippen LogP contribution in [0, 0.1) is 11.7 Å². The van der Waals surface area contributed by atoms with Gasteiger partial charge in [0.25, 0.3) is 5.91 Å². The van der Waals surface area contributed by atoms with Crippen molar-refractivity contribution in [1.29, 1.82) is 0 Å². The average molecular weight is 297 g/mol. The number of hydrogen-bond donors (Lipinski definition) is 2. The van der Waals surface area contributed by atoms with Crippen molar-refractivity contribution in [3.63, 3.8) is 0 Å². The van der Waals surface area contributed by atoms with Crippen molar-refractivity contribution in [1.82, 2.24) is 5.32 Å². The highest BCUT2D eigenvalue weighted by Crippen LogP contribution is 2.17. The van der Waals surface area contributed by atoms with Gasteiger partial charge in [-0.1, -0.05) is 26.0 Å². The maximum Gasteiger partial charge on any atom is 0.326 e. The van der Waals surface area contributed by atoms with Gasteiger partial charge in [-0.2, -0.15) is 0 Å².